The topological polar surface area (TPSA) is 77.8 Å². The third-order valence-corrected chi connectivity index (χ3v) is 7.39. The second kappa shape index (κ2) is 10.5. The molecule has 0 aliphatic carbocycles. The van der Waals surface area contributed by atoms with Gasteiger partial charge in [-0.15, -0.1) is 5.10 Å². The number of likely N-dealkylation sites (N-methyl/N-ethyl adjacent to an activating group) is 1. The number of carbonyl (C=O) groups excluding carboxylic acids is 1. The number of likely N-dealkylation sites (tertiary alicyclic amines) is 1. The lowest BCUT2D eigenvalue weighted by Gasteiger charge is -2.24. The number of aryl methyl sites for hydroxylation is 1. The average Bonchev–Trinajstić information content (AvgIpc) is 3.51. The zero-order valence-corrected chi connectivity index (χ0v) is 22.7. The quantitative estimate of drug-likeness (QED) is 0.456. The van der Waals surface area contributed by atoms with E-state index in [1.165, 1.54) is 42.8 Å². The molecule has 2 N–H and O–H groups in total. The van der Waals surface area contributed by atoms with E-state index in [9.17, 15) is 4.79 Å². The summed E-state index contributed by atoms with van der Waals surface area (Å²) in [6, 6.07) is 8.90. The zero-order valence-electron chi connectivity index (χ0n) is 21.9. The molecule has 0 radical (unpaired) electrons. The summed E-state index contributed by atoms with van der Waals surface area (Å²) in [5, 5.41) is 12.2. The first-order valence-corrected chi connectivity index (χ1v) is 13.4. The van der Waals surface area contributed by atoms with Gasteiger partial charge in [0.15, 0.2) is 5.82 Å². The molecule has 0 spiro atoms. The number of fused-ring (bicyclic) bond motifs is 1. The molecule has 1 amide bonds. The van der Waals surface area contributed by atoms with E-state index in [-0.39, 0.29) is 18.0 Å². The van der Waals surface area contributed by atoms with E-state index < -0.39 is 0 Å². The molecule has 8 nitrogen and oxygen atoms in total. The van der Waals surface area contributed by atoms with Crippen LogP contribution in [0, 0.1) is 6.92 Å². The van der Waals surface area contributed by atoms with Gasteiger partial charge in [0.25, 0.3) is 0 Å². The number of benzene rings is 1. The highest BCUT2D eigenvalue weighted by molar-refractivity contribution is 7.20. The number of aromatic nitrogens is 3. The molecule has 35 heavy (non-hydrogen) atoms. The molecule has 9 heteroatoms. The highest BCUT2D eigenvalue weighted by Crippen LogP contribution is 2.34. The third kappa shape index (κ3) is 6.32. The molecule has 1 fully saturated rings. The highest BCUT2D eigenvalue weighted by atomic mass is 32.1. The summed E-state index contributed by atoms with van der Waals surface area (Å²) in [4.78, 5) is 22.7. The molecule has 1 aromatic carbocycles. The van der Waals surface area contributed by atoms with Crippen molar-refractivity contribution in [2.24, 2.45) is 0 Å². The molecular weight excluding hydrogens is 458 g/mol. The van der Waals surface area contributed by atoms with Crippen molar-refractivity contribution in [3.8, 4) is 11.3 Å². The minimum Gasteiger partial charge on any atom is -0.364 e. The lowest BCUT2D eigenvalue weighted by atomic mass is 10.1. The van der Waals surface area contributed by atoms with Crippen molar-refractivity contribution >= 4 is 33.2 Å². The Hall–Kier alpha value is -2.65. The summed E-state index contributed by atoms with van der Waals surface area (Å²) in [7, 11) is 1.91. The van der Waals surface area contributed by atoms with E-state index in [4.69, 9.17) is 10.1 Å². The van der Waals surface area contributed by atoms with Gasteiger partial charge in [0.05, 0.1) is 6.54 Å². The SMILES string of the molecule is Cc1ccc(-c2nc3sc(N(C)CC(=O)NCC[C@H](C)N4CCCC4)nn3c2NC(C)(C)C)cc1. The third-order valence-electron chi connectivity index (χ3n) is 6.37. The molecule has 1 saturated heterocycles. The van der Waals surface area contributed by atoms with Crippen molar-refractivity contribution in [3.05, 3.63) is 29.8 Å². The zero-order chi connectivity index (χ0) is 25.2. The van der Waals surface area contributed by atoms with E-state index in [0.717, 1.165) is 33.6 Å². The summed E-state index contributed by atoms with van der Waals surface area (Å²) >= 11 is 1.49. The van der Waals surface area contributed by atoms with E-state index >= 15 is 0 Å². The van der Waals surface area contributed by atoms with Gasteiger partial charge in [0.1, 0.15) is 5.69 Å². The van der Waals surface area contributed by atoms with Crippen LogP contribution in [0.1, 0.15) is 52.5 Å². The van der Waals surface area contributed by atoms with E-state index in [0.29, 0.717) is 12.6 Å². The Labute approximate surface area is 212 Å². The molecule has 3 heterocycles. The fraction of sp³-hybridized carbons (Fsp3) is 0.577. The molecule has 2 aromatic heterocycles. The number of hydrogen-bond donors (Lipinski definition) is 2. The van der Waals surface area contributed by atoms with Crippen molar-refractivity contribution in [1.82, 2.24) is 24.8 Å². The van der Waals surface area contributed by atoms with Gasteiger partial charge in [-0.25, -0.2) is 4.98 Å². The maximum Gasteiger partial charge on any atom is 0.239 e. The van der Waals surface area contributed by atoms with Crippen molar-refractivity contribution in [2.45, 2.75) is 65.5 Å². The molecule has 190 valence electrons. The van der Waals surface area contributed by atoms with Crippen LogP contribution in [0.25, 0.3) is 16.2 Å². The lowest BCUT2D eigenvalue weighted by molar-refractivity contribution is -0.119. The van der Waals surface area contributed by atoms with Gasteiger partial charge in [0.2, 0.25) is 16.0 Å². The Morgan fingerprint density at radius 2 is 1.89 bits per heavy atom. The van der Waals surface area contributed by atoms with Crippen molar-refractivity contribution in [1.29, 1.82) is 0 Å². The Balaban J connectivity index is 1.44. The second-order valence-corrected chi connectivity index (χ2v) is 11.7. The number of amides is 1. The summed E-state index contributed by atoms with van der Waals surface area (Å²) in [6.07, 6.45) is 3.56. The van der Waals surface area contributed by atoms with Crippen LogP contribution < -0.4 is 15.5 Å². The summed E-state index contributed by atoms with van der Waals surface area (Å²) < 4.78 is 1.87. The summed E-state index contributed by atoms with van der Waals surface area (Å²) in [6.45, 7) is 14.0. The number of hydrogen-bond acceptors (Lipinski definition) is 7. The first kappa shape index (κ1) is 25.4. The van der Waals surface area contributed by atoms with Gasteiger partial charge in [-0.2, -0.15) is 4.52 Å². The smallest absolute Gasteiger partial charge is 0.239 e. The molecule has 1 aliphatic heterocycles. The Morgan fingerprint density at radius 1 is 1.20 bits per heavy atom. The maximum atomic E-state index is 12.6. The standard InChI is InChI=1S/C26H39N7OS/c1-18-9-11-20(12-10-18)22-23(29-26(3,4)5)33-24(28-22)35-25(30-33)31(6)17-21(34)27-14-13-19(2)32-15-7-8-16-32/h9-12,19,29H,7-8,13-17H2,1-6H3,(H,27,34)/t19-/m0/s1. The van der Waals surface area contributed by atoms with Crippen LogP contribution in [0.4, 0.5) is 10.9 Å². The lowest BCUT2D eigenvalue weighted by Crippen LogP contribution is -2.38. The molecule has 3 aromatic rings. The Kier molecular flexibility index (Phi) is 7.66. The summed E-state index contributed by atoms with van der Waals surface area (Å²) in [5.41, 5.74) is 3.00. The minimum atomic E-state index is -0.156. The number of imidazole rings is 1. The number of nitrogens with one attached hydrogen (secondary N) is 2. The number of carbonyl (C=O) groups is 1. The first-order chi connectivity index (χ1) is 16.6. The molecule has 4 rings (SSSR count). The van der Waals surface area contributed by atoms with Gasteiger partial charge < -0.3 is 20.4 Å². The fourth-order valence-corrected chi connectivity index (χ4v) is 5.26. The van der Waals surface area contributed by atoms with Crippen LogP contribution in [0.3, 0.4) is 0 Å². The van der Waals surface area contributed by atoms with Crippen molar-refractivity contribution in [2.75, 3.05) is 43.4 Å². The fourth-order valence-electron chi connectivity index (χ4n) is 4.40. The van der Waals surface area contributed by atoms with Gasteiger partial charge in [-0.1, -0.05) is 41.2 Å². The predicted octanol–water partition coefficient (Wildman–Crippen LogP) is 4.40. The predicted molar refractivity (Wildman–Crippen MR) is 146 cm³/mol. The van der Waals surface area contributed by atoms with Gasteiger partial charge in [0, 0.05) is 30.7 Å². The van der Waals surface area contributed by atoms with Crippen LogP contribution in [-0.4, -0.2) is 70.2 Å². The van der Waals surface area contributed by atoms with Crippen LogP contribution in [0.5, 0.6) is 0 Å². The van der Waals surface area contributed by atoms with Gasteiger partial charge >= 0.3 is 0 Å². The van der Waals surface area contributed by atoms with Crippen molar-refractivity contribution < 1.29 is 4.79 Å². The van der Waals surface area contributed by atoms with E-state index in [1.54, 1.807) is 0 Å². The van der Waals surface area contributed by atoms with E-state index in [2.05, 4.69) is 74.4 Å². The second-order valence-electron chi connectivity index (χ2n) is 10.7. The largest absolute Gasteiger partial charge is 0.364 e. The molecule has 0 bridgehead atoms. The Morgan fingerprint density at radius 3 is 2.54 bits per heavy atom. The molecular formula is C26H39N7OS. The average molecular weight is 498 g/mol. The monoisotopic (exact) mass is 497 g/mol. The molecule has 1 aliphatic rings. The van der Waals surface area contributed by atoms with E-state index in [1.807, 2.05) is 16.5 Å². The number of rotatable bonds is 9. The minimum absolute atomic E-state index is 0.0161. The molecule has 0 saturated carbocycles. The van der Waals surface area contributed by atoms with Crippen LogP contribution in [0.15, 0.2) is 24.3 Å². The Bertz CT molecular complexity index is 1140. The molecule has 1 atom stereocenters. The van der Waals surface area contributed by atoms with Crippen LogP contribution in [0.2, 0.25) is 0 Å². The highest BCUT2D eigenvalue weighted by Gasteiger charge is 2.23. The summed E-state index contributed by atoms with van der Waals surface area (Å²) in [5.74, 6) is 0.884. The maximum absolute atomic E-state index is 12.6. The van der Waals surface area contributed by atoms with Gasteiger partial charge in [-0.05, 0) is 67.0 Å². The normalized spacial score (nSPS) is 15.5. The first-order valence-electron chi connectivity index (χ1n) is 12.6. The number of anilines is 2. The molecule has 0 unspecified atom stereocenters. The number of nitrogens with zero attached hydrogens (tertiary/aromatic N) is 5. The van der Waals surface area contributed by atoms with Crippen LogP contribution in [-0.2, 0) is 4.79 Å². The van der Waals surface area contributed by atoms with Crippen molar-refractivity contribution in [3.63, 3.8) is 0 Å². The van der Waals surface area contributed by atoms with Gasteiger partial charge in [-0.3, -0.25) is 4.79 Å². The van der Waals surface area contributed by atoms with Crippen LogP contribution >= 0.6 is 11.3 Å².